The van der Waals surface area contributed by atoms with Crippen molar-refractivity contribution in [3.8, 4) is 5.75 Å². The molecule has 0 radical (unpaired) electrons. The molecule has 114 valence electrons. The fourth-order valence-electron chi connectivity index (χ4n) is 2.36. The second-order valence-corrected chi connectivity index (χ2v) is 6.69. The Labute approximate surface area is 134 Å². The van der Waals surface area contributed by atoms with Crippen molar-refractivity contribution in [2.75, 3.05) is 13.2 Å². The molecule has 0 aromatic heterocycles. The summed E-state index contributed by atoms with van der Waals surface area (Å²) in [5, 5.41) is 15.1. The molecule has 6 heteroatoms. The Morgan fingerprint density at radius 2 is 2.05 bits per heavy atom. The van der Waals surface area contributed by atoms with Gasteiger partial charge in [-0.25, -0.2) is 0 Å². The number of benzene rings is 1. The number of hydrogen-bond donors (Lipinski definition) is 2. The Bertz CT molecular complexity index is 562. The van der Waals surface area contributed by atoms with Crippen molar-refractivity contribution in [1.29, 1.82) is 0 Å². The first-order valence-corrected chi connectivity index (χ1v) is 7.89. The van der Waals surface area contributed by atoms with Gasteiger partial charge in [-0.05, 0) is 31.4 Å². The maximum absolute atomic E-state index is 9.83. The molecular formula is C15H18Cl2N2O2. The van der Waals surface area contributed by atoms with E-state index in [1.807, 2.05) is 12.1 Å². The standard InChI is InChI=1S/C15H18Cl2N2O2/c1-9-2-5-18-19-13(9)10-6-11(16)14(12(17)7-10)21-8-15(20)3-4-15/h6-7,9,18,20H,2-5,8H2,1H3. The number of aliphatic hydroxyl groups is 1. The molecule has 0 saturated heterocycles. The van der Waals surface area contributed by atoms with Crippen LogP contribution in [-0.4, -0.2) is 29.6 Å². The number of hydrogen-bond acceptors (Lipinski definition) is 4. The minimum absolute atomic E-state index is 0.227. The number of nitrogens with zero attached hydrogens (tertiary/aromatic N) is 1. The lowest BCUT2D eigenvalue weighted by atomic mass is 9.94. The number of nitrogens with one attached hydrogen (secondary N) is 1. The molecule has 1 aromatic carbocycles. The Balaban J connectivity index is 1.83. The molecule has 0 amide bonds. The molecule has 2 N–H and O–H groups in total. The van der Waals surface area contributed by atoms with Crippen LogP contribution in [0.2, 0.25) is 10.0 Å². The Morgan fingerprint density at radius 1 is 1.38 bits per heavy atom. The lowest BCUT2D eigenvalue weighted by molar-refractivity contribution is 0.0857. The normalized spacial score (nSPS) is 23.2. The van der Waals surface area contributed by atoms with E-state index in [1.165, 1.54) is 0 Å². The van der Waals surface area contributed by atoms with Gasteiger partial charge in [-0.1, -0.05) is 30.1 Å². The minimum atomic E-state index is -0.697. The molecule has 0 bridgehead atoms. The number of ether oxygens (including phenoxy) is 1. The van der Waals surface area contributed by atoms with Gasteiger partial charge in [0.15, 0.2) is 5.75 Å². The van der Waals surface area contributed by atoms with E-state index < -0.39 is 5.60 Å². The maximum atomic E-state index is 9.83. The largest absolute Gasteiger partial charge is 0.487 e. The lowest BCUT2D eigenvalue weighted by Gasteiger charge is -2.21. The molecule has 0 spiro atoms. The molecule has 1 fully saturated rings. The predicted octanol–water partition coefficient (Wildman–Crippen LogP) is 3.23. The first-order chi connectivity index (χ1) is 9.98. The van der Waals surface area contributed by atoms with Crippen LogP contribution in [-0.2, 0) is 0 Å². The van der Waals surface area contributed by atoms with E-state index in [9.17, 15) is 5.11 Å². The predicted molar refractivity (Wildman–Crippen MR) is 84.5 cm³/mol. The average molecular weight is 329 g/mol. The molecular weight excluding hydrogens is 311 g/mol. The summed E-state index contributed by atoms with van der Waals surface area (Å²) < 4.78 is 5.59. The molecule has 2 aliphatic rings. The van der Waals surface area contributed by atoms with Crippen LogP contribution in [0.5, 0.6) is 5.75 Å². The SMILES string of the molecule is CC1CCNN=C1c1cc(Cl)c(OCC2(O)CC2)c(Cl)c1. The van der Waals surface area contributed by atoms with E-state index in [4.69, 9.17) is 27.9 Å². The Hall–Kier alpha value is -0.970. The third-order valence-electron chi connectivity index (χ3n) is 3.96. The first-order valence-electron chi connectivity index (χ1n) is 7.13. The van der Waals surface area contributed by atoms with E-state index in [-0.39, 0.29) is 6.61 Å². The van der Waals surface area contributed by atoms with Crippen molar-refractivity contribution in [3.63, 3.8) is 0 Å². The zero-order valence-corrected chi connectivity index (χ0v) is 13.3. The Kier molecular flexibility index (Phi) is 4.04. The molecule has 1 aliphatic heterocycles. The van der Waals surface area contributed by atoms with Crippen molar-refractivity contribution in [2.45, 2.75) is 31.8 Å². The van der Waals surface area contributed by atoms with Crippen molar-refractivity contribution < 1.29 is 9.84 Å². The minimum Gasteiger partial charge on any atom is -0.487 e. The highest BCUT2D eigenvalue weighted by Gasteiger charge is 2.41. The van der Waals surface area contributed by atoms with Gasteiger partial charge in [0.2, 0.25) is 0 Å². The maximum Gasteiger partial charge on any atom is 0.156 e. The van der Waals surface area contributed by atoms with Gasteiger partial charge in [-0.3, -0.25) is 0 Å². The van der Waals surface area contributed by atoms with Crippen LogP contribution in [0.25, 0.3) is 0 Å². The van der Waals surface area contributed by atoms with Gasteiger partial charge in [-0.2, -0.15) is 5.10 Å². The van der Waals surface area contributed by atoms with Crippen LogP contribution in [0.3, 0.4) is 0 Å². The highest BCUT2D eigenvalue weighted by atomic mass is 35.5. The second kappa shape index (κ2) is 5.67. The van der Waals surface area contributed by atoms with Gasteiger partial charge in [-0.15, -0.1) is 0 Å². The van der Waals surface area contributed by atoms with Crippen LogP contribution >= 0.6 is 23.2 Å². The van der Waals surface area contributed by atoms with Gasteiger partial charge in [0.25, 0.3) is 0 Å². The lowest BCUT2D eigenvalue weighted by Crippen LogP contribution is -2.27. The summed E-state index contributed by atoms with van der Waals surface area (Å²) in [7, 11) is 0. The summed E-state index contributed by atoms with van der Waals surface area (Å²) in [6.45, 7) is 3.24. The van der Waals surface area contributed by atoms with E-state index in [0.29, 0.717) is 21.7 Å². The first kappa shape index (κ1) is 14.9. The van der Waals surface area contributed by atoms with Crippen molar-refractivity contribution in [2.24, 2.45) is 11.0 Å². The fraction of sp³-hybridized carbons (Fsp3) is 0.533. The second-order valence-electron chi connectivity index (χ2n) is 5.88. The zero-order chi connectivity index (χ0) is 15.0. The smallest absolute Gasteiger partial charge is 0.156 e. The summed E-state index contributed by atoms with van der Waals surface area (Å²) in [5.41, 5.74) is 4.17. The van der Waals surface area contributed by atoms with Gasteiger partial charge >= 0.3 is 0 Å². The summed E-state index contributed by atoms with van der Waals surface area (Å²) in [6, 6.07) is 3.64. The molecule has 3 rings (SSSR count). The number of halogens is 2. The molecule has 1 aliphatic carbocycles. The number of rotatable bonds is 4. The monoisotopic (exact) mass is 328 g/mol. The average Bonchev–Trinajstić information content (AvgIpc) is 3.16. The molecule has 1 saturated carbocycles. The summed E-state index contributed by atoms with van der Waals surface area (Å²) in [4.78, 5) is 0. The molecule has 1 heterocycles. The highest BCUT2D eigenvalue weighted by Crippen LogP contribution is 2.39. The molecule has 1 atom stereocenters. The summed E-state index contributed by atoms with van der Waals surface area (Å²) in [5.74, 6) is 0.789. The molecule has 1 unspecified atom stereocenters. The van der Waals surface area contributed by atoms with Crippen LogP contribution < -0.4 is 10.2 Å². The van der Waals surface area contributed by atoms with E-state index in [1.54, 1.807) is 0 Å². The van der Waals surface area contributed by atoms with E-state index in [2.05, 4.69) is 17.5 Å². The topological polar surface area (TPSA) is 53.9 Å². The van der Waals surface area contributed by atoms with E-state index >= 15 is 0 Å². The fourth-order valence-corrected chi connectivity index (χ4v) is 2.96. The third kappa shape index (κ3) is 3.28. The van der Waals surface area contributed by atoms with Crippen LogP contribution in [0.1, 0.15) is 31.7 Å². The van der Waals surface area contributed by atoms with Crippen molar-refractivity contribution in [3.05, 3.63) is 27.7 Å². The van der Waals surface area contributed by atoms with E-state index in [0.717, 1.165) is 37.1 Å². The zero-order valence-electron chi connectivity index (χ0n) is 11.8. The highest BCUT2D eigenvalue weighted by molar-refractivity contribution is 6.37. The molecule has 21 heavy (non-hydrogen) atoms. The summed E-state index contributed by atoms with van der Waals surface area (Å²) in [6.07, 6.45) is 2.56. The number of hydrazone groups is 1. The van der Waals surface area contributed by atoms with Crippen molar-refractivity contribution >= 4 is 28.9 Å². The van der Waals surface area contributed by atoms with Gasteiger partial charge in [0.05, 0.1) is 21.4 Å². The third-order valence-corrected chi connectivity index (χ3v) is 4.52. The molecule has 1 aromatic rings. The van der Waals surface area contributed by atoms with Crippen LogP contribution in [0.4, 0.5) is 0 Å². The van der Waals surface area contributed by atoms with Crippen LogP contribution in [0, 0.1) is 5.92 Å². The Morgan fingerprint density at radius 3 is 2.62 bits per heavy atom. The summed E-state index contributed by atoms with van der Waals surface area (Å²) >= 11 is 12.6. The van der Waals surface area contributed by atoms with Crippen LogP contribution in [0.15, 0.2) is 17.2 Å². The molecule has 4 nitrogen and oxygen atoms in total. The van der Waals surface area contributed by atoms with Crippen molar-refractivity contribution in [1.82, 2.24) is 5.43 Å². The van der Waals surface area contributed by atoms with Gasteiger partial charge < -0.3 is 15.3 Å². The van der Waals surface area contributed by atoms with Gasteiger partial charge in [0.1, 0.15) is 6.61 Å². The van der Waals surface area contributed by atoms with Gasteiger partial charge in [0, 0.05) is 18.0 Å². The quantitative estimate of drug-likeness (QED) is 0.892.